The summed E-state index contributed by atoms with van der Waals surface area (Å²) in [4.78, 5) is 10.4. The molecule has 0 aliphatic carbocycles. The van der Waals surface area contributed by atoms with E-state index in [1.54, 1.807) is 0 Å². The van der Waals surface area contributed by atoms with E-state index in [-0.39, 0.29) is 35.7 Å². The van der Waals surface area contributed by atoms with Crippen LogP contribution in [-0.2, 0) is 4.79 Å². The summed E-state index contributed by atoms with van der Waals surface area (Å²) in [6.07, 6.45) is 29.1. The van der Waals surface area contributed by atoms with Gasteiger partial charge in [-0.2, -0.15) is 0 Å². The summed E-state index contributed by atoms with van der Waals surface area (Å²) in [6.45, 7) is 2.29. The van der Waals surface area contributed by atoms with Gasteiger partial charge in [-0.05, 0) is 6.42 Å². The summed E-state index contributed by atoms with van der Waals surface area (Å²) in [7, 11) is 0. The molecule has 0 saturated heterocycles. The monoisotopic (exact) mass is 409 g/mol. The van der Waals surface area contributed by atoms with Gasteiger partial charge in [-0.3, -0.25) is 4.79 Å². The van der Waals surface area contributed by atoms with Gasteiger partial charge in [-0.1, -0.05) is 135 Å². The molecule has 4 N–H and O–H groups in total. The van der Waals surface area contributed by atoms with Crippen LogP contribution in [0.5, 0.6) is 0 Å². The number of carbonyl (C=O) groups is 1. The van der Waals surface area contributed by atoms with Gasteiger partial charge in [0.1, 0.15) is 0 Å². The van der Waals surface area contributed by atoms with Crippen LogP contribution in [0.2, 0.25) is 0 Å². The molecule has 0 unspecified atom stereocenters. The van der Waals surface area contributed by atoms with Crippen LogP contribution in [0.1, 0.15) is 148 Å². The van der Waals surface area contributed by atoms with Gasteiger partial charge < -0.3 is 11.3 Å². The Labute approximate surface area is 199 Å². The summed E-state index contributed by atoms with van der Waals surface area (Å²) in [5.41, 5.74) is 0. The van der Waals surface area contributed by atoms with Crippen LogP contribution in [0.15, 0.2) is 0 Å². The Kier molecular flexibility index (Phi) is 35.0. The van der Waals surface area contributed by atoms with E-state index in [4.69, 9.17) is 5.11 Å². The maximum atomic E-state index is 10.4. The molecule has 4 heteroatoms. The molecule has 0 atom stereocenters. The van der Waals surface area contributed by atoms with Gasteiger partial charge in [-0.15, -0.1) is 0 Å². The molecule has 0 aromatic carbocycles. The maximum absolute atomic E-state index is 10.4. The summed E-state index contributed by atoms with van der Waals surface area (Å²) in [5, 5.41) is 8.57. The normalized spacial score (nSPS) is 10.3. The molecule has 3 nitrogen and oxygen atoms in total. The van der Waals surface area contributed by atoms with E-state index < -0.39 is 5.97 Å². The number of carboxylic acid groups (broad SMARTS) is 1. The molecule has 0 aromatic heterocycles. The van der Waals surface area contributed by atoms with Crippen LogP contribution in [0, 0.1) is 0 Å². The van der Waals surface area contributed by atoms with E-state index in [0.717, 1.165) is 12.8 Å². The van der Waals surface area contributed by atoms with Gasteiger partial charge in [0.25, 0.3) is 0 Å². The Balaban J connectivity index is -0.00000312. The van der Waals surface area contributed by atoms with Crippen molar-refractivity contribution in [3.63, 3.8) is 0 Å². The zero-order valence-corrected chi connectivity index (χ0v) is 18.6. The zero-order chi connectivity index (χ0) is 19.1. The van der Waals surface area contributed by atoms with E-state index in [0.29, 0.717) is 6.42 Å². The molecule has 0 aliphatic heterocycles. The number of unbranched alkanes of at least 4 members (excludes halogenated alkanes) is 20. The first kappa shape index (κ1) is 33.1. The van der Waals surface area contributed by atoms with Gasteiger partial charge in [0.2, 0.25) is 0 Å². The van der Waals surface area contributed by atoms with Crippen molar-refractivity contribution in [3.8, 4) is 0 Å². The summed E-state index contributed by atoms with van der Waals surface area (Å²) in [6, 6.07) is 0. The number of hydrogen-bond acceptors (Lipinski definition) is 2. The fourth-order valence-corrected chi connectivity index (χ4v) is 3.71. The third-order valence-electron chi connectivity index (χ3n) is 5.49. The molecule has 166 valence electrons. The Morgan fingerprint density at radius 1 is 0.500 bits per heavy atom. The van der Waals surface area contributed by atoms with Crippen LogP contribution in [-0.4, -0.2) is 40.6 Å². The molecule has 0 bridgehead atoms. The van der Waals surface area contributed by atoms with Gasteiger partial charge in [0.05, 0.1) is 0 Å². The molecular formula is C24H52NNaO2. The zero-order valence-electron chi connectivity index (χ0n) is 18.6. The number of hydrogen-bond donors (Lipinski definition) is 2. The van der Waals surface area contributed by atoms with Crippen LogP contribution in [0.3, 0.4) is 0 Å². The molecule has 0 radical (unpaired) electrons. The van der Waals surface area contributed by atoms with Crippen molar-refractivity contribution in [2.75, 3.05) is 0 Å². The van der Waals surface area contributed by atoms with Gasteiger partial charge >= 0.3 is 35.5 Å². The molecule has 0 fully saturated rings. The fourth-order valence-electron chi connectivity index (χ4n) is 3.71. The molecule has 0 saturated carbocycles. The average Bonchev–Trinajstić information content (AvgIpc) is 2.62. The Morgan fingerprint density at radius 3 is 0.929 bits per heavy atom. The third kappa shape index (κ3) is 31.1. The number of aliphatic carboxylic acids is 1. The minimum atomic E-state index is -0.650. The van der Waals surface area contributed by atoms with E-state index >= 15 is 0 Å². The van der Waals surface area contributed by atoms with Crippen molar-refractivity contribution in [1.29, 1.82) is 0 Å². The Bertz CT molecular complexity index is 288. The topological polar surface area (TPSA) is 72.3 Å². The van der Waals surface area contributed by atoms with E-state index in [1.807, 2.05) is 0 Å². The second kappa shape index (κ2) is 29.6. The van der Waals surface area contributed by atoms with Crippen LogP contribution < -0.4 is 6.15 Å². The van der Waals surface area contributed by atoms with Crippen LogP contribution in [0.4, 0.5) is 0 Å². The van der Waals surface area contributed by atoms with E-state index in [1.165, 1.54) is 122 Å². The Hall–Kier alpha value is 0.430. The molecule has 0 spiro atoms. The van der Waals surface area contributed by atoms with Crippen molar-refractivity contribution in [2.24, 2.45) is 0 Å². The SMILES string of the molecule is CCCCCCCCCCCCCCCCCCCCCCCC(=O)O.N.[NaH]. The van der Waals surface area contributed by atoms with Crippen molar-refractivity contribution in [3.05, 3.63) is 0 Å². The molecule has 0 heterocycles. The van der Waals surface area contributed by atoms with Crippen LogP contribution >= 0.6 is 0 Å². The minimum absolute atomic E-state index is 0. The van der Waals surface area contributed by atoms with E-state index in [9.17, 15) is 4.79 Å². The van der Waals surface area contributed by atoms with Gasteiger partial charge in [-0.25, -0.2) is 0 Å². The first-order valence-electron chi connectivity index (χ1n) is 12.0. The average molecular weight is 410 g/mol. The van der Waals surface area contributed by atoms with Gasteiger partial charge in [0.15, 0.2) is 0 Å². The van der Waals surface area contributed by atoms with Crippen molar-refractivity contribution < 1.29 is 9.90 Å². The number of rotatable bonds is 22. The predicted octanol–water partition coefficient (Wildman–Crippen LogP) is 8.19. The molecular weight excluding hydrogens is 357 g/mol. The molecule has 0 aromatic rings. The summed E-state index contributed by atoms with van der Waals surface area (Å²) >= 11 is 0. The van der Waals surface area contributed by atoms with Crippen molar-refractivity contribution >= 4 is 35.5 Å². The number of carboxylic acids is 1. The van der Waals surface area contributed by atoms with Crippen LogP contribution in [0.25, 0.3) is 0 Å². The van der Waals surface area contributed by atoms with Gasteiger partial charge in [0, 0.05) is 6.42 Å². The standard InChI is InChI=1S/C24H48O2.H3N.Na.H/c1-2-3-4-5-6-7-8-9-10-11-12-13-14-15-16-17-18-19-20-21-22-23-24(25)26;;;/h2-23H2,1H3,(H,25,26);1H3;;. The molecule has 0 rings (SSSR count). The summed E-state index contributed by atoms with van der Waals surface area (Å²) < 4.78 is 0. The first-order chi connectivity index (χ1) is 12.8. The van der Waals surface area contributed by atoms with Crippen molar-refractivity contribution in [2.45, 2.75) is 148 Å². The predicted molar refractivity (Wildman–Crippen MR) is 127 cm³/mol. The quantitative estimate of drug-likeness (QED) is 0.140. The third-order valence-corrected chi connectivity index (χ3v) is 5.49. The first-order valence-corrected chi connectivity index (χ1v) is 12.0. The molecule has 28 heavy (non-hydrogen) atoms. The van der Waals surface area contributed by atoms with E-state index in [2.05, 4.69) is 6.92 Å². The second-order valence-corrected chi connectivity index (χ2v) is 8.21. The fraction of sp³-hybridized carbons (Fsp3) is 0.958. The molecule has 0 aliphatic rings. The summed E-state index contributed by atoms with van der Waals surface area (Å²) in [5.74, 6) is -0.650. The van der Waals surface area contributed by atoms with Crippen molar-refractivity contribution in [1.82, 2.24) is 6.15 Å². The molecule has 0 amide bonds. The Morgan fingerprint density at radius 2 is 0.714 bits per heavy atom. The second-order valence-electron chi connectivity index (χ2n) is 8.21.